The van der Waals surface area contributed by atoms with Gasteiger partial charge in [0.15, 0.2) is 0 Å². The van der Waals surface area contributed by atoms with Crippen molar-refractivity contribution in [3.05, 3.63) is 127 Å². The predicted octanol–water partition coefficient (Wildman–Crippen LogP) is 14.5. The number of unbranched alkanes of at least 4 members (excludes halogenated alkanes) is 13. The average Bonchev–Trinajstić information content (AvgIpc) is 3.45. The molecule has 49 heavy (non-hydrogen) atoms. The fourth-order valence-corrected chi connectivity index (χ4v) is 7.30. The fourth-order valence-electron chi connectivity index (χ4n) is 7.30. The van der Waals surface area contributed by atoms with Gasteiger partial charge >= 0.3 is 0 Å². The van der Waals surface area contributed by atoms with E-state index >= 15 is 0 Å². The quantitative estimate of drug-likeness (QED) is 0.0831. The van der Waals surface area contributed by atoms with E-state index in [0.29, 0.717) is 0 Å². The molecule has 6 rings (SSSR count). The van der Waals surface area contributed by atoms with Gasteiger partial charge in [-0.15, -0.1) is 0 Å². The Morgan fingerprint density at radius 1 is 0.429 bits per heavy atom. The number of aryl methyl sites for hydroxylation is 1. The molecule has 0 bridgehead atoms. The second-order valence-electron chi connectivity index (χ2n) is 13.7. The van der Waals surface area contributed by atoms with Crippen molar-refractivity contribution in [2.75, 3.05) is 10.2 Å². The Balaban J connectivity index is 1.18. The topological polar surface area (TPSA) is 20.2 Å². The lowest BCUT2D eigenvalue weighted by Crippen LogP contribution is -2.09. The Bertz CT molecular complexity index is 1790. The Morgan fingerprint density at radius 2 is 0.898 bits per heavy atom. The third-order valence-electron chi connectivity index (χ3n) is 9.94. The molecular weight excluding hydrogens is 595 g/mol. The van der Waals surface area contributed by atoms with Gasteiger partial charge in [0.2, 0.25) is 0 Å². The van der Waals surface area contributed by atoms with Crippen LogP contribution in [0.15, 0.2) is 127 Å². The minimum Gasteiger partial charge on any atom is -0.355 e. The SMILES string of the molecule is CCCCCCCCCCCCCCCCn1c2cc(Nc3ccccc3)ccc2c2ccc(N(c3ccccc3)c3ccccc3)cc21. The first-order valence-electron chi connectivity index (χ1n) is 19.1. The normalized spacial score (nSPS) is 11.4. The third-order valence-corrected chi connectivity index (χ3v) is 9.94. The number of nitrogens with one attached hydrogen (secondary N) is 1. The zero-order valence-corrected chi connectivity index (χ0v) is 29.6. The number of rotatable bonds is 20. The first-order chi connectivity index (χ1) is 24.3. The largest absolute Gasteiger partial charge is 0.355 e. The Hall–Kier alpha value is -4.50. The highest BCUT2D eigenvalue weighted by atomic mass is 15.1. The van der Waals surface area contributed by atoms with E-state index in [1.807, 2.05) is 0 Å². The van der Waals surface area contributed by atoms with Gasteiger partial charge in [0, 0.05) is 45.8 Å². The number of hydrogen-bond donors (Lipinski definition) is 1. The van der Waals surface area contributed by atoms with Crippen LogP contribution in [0.4, 0.5) is 28.4 Å². The summed E-state index contributed by atoms with van der Waals surface area (Å²) in [4.78, 5) is 2.37. The van der Waals surface area contributed by atoms with Crippen molar-refractivity contribution in [1.82, 2.24) is 4.57 Å². The summed E-state index contributed by atoms with van der Waals surface area (Å²) in [6.07, 6.45) is 19.3. The first kappa shape index (κ1) is 34.4. The van der Waals surface area contributed by atoms with E-state index < -0.39 is 0 Å². The Morgan fingerprint density at radius 3 is 1.45 bits per heavy atom. The van der Waals surface area contributed by atoms with Crippen LogP contribution in [0.2, 0.25) is 0 Å². The summed E-state index contributed by atoms with van der Waals surface area (Å²) >= 11 is 0. The van der Waals surface area contributed by atoms with Crippen LogP contribution in [-0.4, -0.2) is 4.57 Å². The molecule has 6 aromatic rings. The average molecular weight is 650 g/mol. The lowest BCUT2D eigenvalue weighted by atomic mass is 10.0. The van der Waals surface area contributed by atoms with E-state index in [1.54, 1.807) is 0 Å². The Labute approximate surface area is 295 Å². The summed E-state index contributed by atoms with van der Waals surface area (Å²) in [6.45, 7) is 3.32. The van der Waals surface area contributed by atoms with Crippen molar-refractivity contribution in [1.29, 1.82) is 0 Å². The first-order valence-corrected chi connectivity index (χ1v) is 19.1. The number of anilines is 5. The fraction of sp³-hybridized carbons (Fsp3) is 0.348. The maximum Gasteiger partial charge on any atom is 0.0512 e. The van der Waals surface area contributed by atoms with Crippen LogP contribution in [0, 0.1) is 0 Å². The van der Waals surface area contributed by atoms with Crippen molar-refractivity contribution in [3.63, 3.8) is 0 Å². The molecule has 1 heterocycles. The Kier molecular flexibility index (Phi) is 12.8. The van der Waals surface area contributed by atoms with Gasteiger partial charge < -0.3 is 14.8 Å². The van der Waals surface area contributed by atoms with Gasteiger partial charge in [-0.1, -0.05) is 157 Å². The van der Waals surface area contributed by atoms with Crippen LogP contribution >= 0.6 is 0 Å². The molecule has 0 radical (unpaired) electrons. The summed E-state index contributed by atoms with van der Waals surface area (Å²) in [5.41, 5.74) is 8.34. The molecule has 3 heteroatoms. The van der Waals surface area contributed by atoms with Gasteiger partial charge in [-0.3, -0.25) is 0 Å². The lowest BCUT2D eigenvalue weighted by molar-refractivity contribution is 0.528. The summed E-state index contributed by atoms with van der Waals surface area (Å²) in [6, 6.07) is 45.8. The molecular formula is C46H55N3. The summed E-state index contributed by atoms with van der Waals surface area (Å²) in [7, 11) is 0. The molecule has 0 atom stereocenters. The van der Waals surface area contributed by atoms with Crippen LogP contribution in [0.3, 0.4) is 0 Å². The highest BCUT2D eigenvalue weighted by Gasteiger charge is 2.17. The van der Waals surface area contributed by atoms with Crippen LogP contribution in [0.5, 0.6) is 0 Å². The van der Waals surface area contributed by atoms with Crippen molar-refractivity contribution >= 4 is 50.2 Å². The minimum atomic E-state index is 1.02. The van der Waals surface area contributed by atoms with E-state index in [0.717, 1.165) is 29.3 Å². The number of fused-ring (bicyclic) bond motifs is 3. The molecule has 0 fully saturated rings. The van der Waals surface area contributed by atoms with Gasteiger partial charge in [0.1, 0.15) is 0 Å². The number of hydrogen-bond acceptors (Lipinski definition) is 2. The van der Waals surface area contributed by atoms with Crippen LogP contribution in [-0.2, 0) is 6.54 Å². The van der Waals surface area contributed by atoms with Crippen LogP contribution in [0.1, 0.15) is 96.8 Å². The van der Waals surface area contributed by atoms with Crippen molar-refractivity contribution in [2.45, 2.75) is 103 Å². The standard InChI is InChI=1S/C46H55N3/c1-2-3-4-5-6-7-8-9-10-11-12-13-14-24-35-48-45-36-39(47-38-25-18-15-19-26-38)31-33-43(45)44-34-32-42(37-46(44)48)49(40-27-20-16-21-28-40)41-29-22-17-23-30-41/h15-23,25-34,36-37,47H,2-14,24,35H2,1H3. The lowest BCUT2D eigenvalue weighted by Gasteiger charge is -2.25. The number of nitrogens with zero attached hydrogens (tertiary/aromatic N) is 2. The maximum absolute atomic E-state index is 3.64. The van der Waals surface area contributed by atoms with Gasteiger partial charge in [0.25, 0.3) is 0 Å². The van der Waals surface area contributed by atoms with Gasteiger partial charge in [0.05, 0.1) is 11.0 Å². The molecule has 0 saturated heterocycles. The molecule has 3 nitrogen and oxygen atoms in total. The molecule has 0 aliphatic carbocycles. The summed E-state index contributed by atoms with van der Waals surface area (Å²) in [5, 5.41) is 6.27. The second kappa shape index (κ2) is 18.3. The number of aromatic nitrogens is 1. The number of para-hydroxylation sites is 3. The zero-order valence-electron chi connectivity index (χ0n) is 29.6. The van der Waals surface area contributed by atoms with E-state index in [4.69, 9.17) is 0 Å². The van der Waals surface area contributed by atoms with E-state index in [1.165, 1.54) is 117 Å². The third kappa shape index (κ3) is 9.35. The smallest absolute Gasteiger partial charge is 0.0512 e. The molecule has 0 saturated carbocycles. The van der Waals surface area contributed by atoms with Crippen molar-refractivity contribution < 1.29 is 0 Å². The number of benzene rings is 5. The van der Waals surface area contributed by atoms with E-state index in [-0.39, 0.29) is 0 Å². The van der Waals surface area contributed by atoms with Crippen molar-refractivity contribution in [3.8, 4) is 0 Å². The molecule has 5 aromatic carbocycles. The molecule has 0 amide bonds. The van der Waals surface area contributed by atoms with E-state index in [2.05, 4.69) is 149 Å². The minimum absolute atomic E-state index is 1.02. The zero-order chi connectivity index (χ0) is 33.5. The van der Waals surface area contributed by atoms with Gasteiger partial charge in [-0.2, -0.15) is 0 Å². The highest BCUT2D eigenvalue weighted by Crippen LogP contribution is 2.39. The molecule has 0 spiro atoms. The molecule has 0 aliphatic rings. The maximum atomic E-state index is 3.64. The monoisotopic (exact) mass is 649 g/mol. The molecule has 0 aliphatic heterocycles. The summed E-state index contributed by atoms with van der Waals surface area (Å²) < 4.78 is 2.58. The molecule has 1 N–H and O–H groups in total. The van der Waals surface area contributed by atoms with Crippen LogP contribution < -0.4 is 10.2 Å². The molecule has 0 unspecified atom stereocenters. The van der Waals surface area contributed by atoms with Crippen LogP contribution in [0.25, 0.3) is 21.8 Å². The second-order valence-corrected chi connectivity index (χ2v) is 13.7. The summed E-state index contributed by atoms with van der Waals surface area (Å²) in [5.74, 6) is 0. The molecule has 254 valence electrons. The molecule has 1 aromatic heterocycles. The van der Waals surface area contributed by atoms with E-state index in [9.17, 15) is 0 Å². The van der Waals surface area contributed by atoms with Gasteiger partial charge in [-0.25, -0.2) is 0 Å². The predicted molar refractivity (Wildman–Crippen MR) is 214 cm³/mol. The van der Waals surface area contributed by atoms with Crippen molar-refractivity contribution in [2.24, 2.45) is 0 Å². The highest BCUT2D eigenvalue weighted by molar-refractivity contribution is 6.10. The van der Waals surface area contributed by atoms with Gasteiger partial charge in [-0.05, 0) is 67.1 Å².